The number of carbonyl (C=O) groups excluding carboxylic acids is 1. The van der Waals surface area contributed by atoms with Crippen LogP contribution in [-0.2, 0) is 0 Å². The molecule has 0 radical (unpaired) electrons. The molecule has 0 bridgehead atoms. The van der Waals surface area contributed by atoms with Crippen molar-refractivity contribution in [3.63, 3.8) is 0 Å². The Labute approximate surface area is 74.8 Å². The van der Waals surface area contributed by atoms with Crippen molar-refractivity contribution in [1.82, 2.24) is 14.8 Å². The second-order valence-corrected chi connectivity index (χ2v) is 2.48. The van der Waals surface area contributed by atoms with Gasteiger partial charge >= 0.3 is 0 Å². The Bertz CT molecular complexity index is 409. The van der Waals surface area contributed by atoms with Crippen molar-refractivity contribution in [2.75, 3.05) is 0 Å². The van der Waals surface area contributed by atoms with Gasteiger partial charge in [0, 0.05) is 18.6 Å². The van der Waals surface area contributed by atoms with Gasteiger partial charge in [0.25, 0.3) is 0 Å². The van der Waals surface area contributed by atoms with E-state index < -0.39 is 0 Å². The fourth-order valence-corrected chi connectivity index (χ4v) is 1.09. The van der Waals surface area contributed by atoms with Crippen LogP contribution in [-0.4, -0.2) is 21.1 Å². The lowest BCUT2D eigenvalue weighted by Crippen LogP contribution is -2.01. The molecule has 0 aromatic carbocycles. The molecule has 0 amide bonds. The third-order valence-corrected chi connectivity index (χ3v) is 1.67. The number of hydrogen-bond donors (Lipinski definition) is 0. The van der Waals surface area contributed by atoms with Gasteiger partial charge in [0.1, 0.15) is 0 Å². The molecule has 0 saturated carbocycles. The van der Waals surface area contributed by atoms with Gasteiger partial charge < -0.3 is 0 Å². The van der Waals surface area contributed by atoms with Gasteiger partial charge in [0.05, 0.1) is 5.56 Å². The van der Waals surface area contributed by atoms with Crippen LogP contribution in [0.15, 0.2) is 36.8 Å². The van der Waals surface area contributed by atoms with Crippen LogP contribution in [0.5, 0.6) is 0 Å². The van der Waals surface area contributed by atoms with Gasteiger partial charge in [-0.25, -0.2) is 9.67 Å². The van der Waals surface area contributed by atoms with Crippen LogP contribution in [0.3, 0.4) is 0 Å². The summed E-state index contributed by atoms with van der Waals surface area (Å²) < 4.78 is 1.56. The Hall–Kier alpha value is -1.97. The molecule has 0 fully saturated rings. The highest BCUT2D eigenvalue weighted by molar-refractivity contribution is 5.79. The molecule has 64 valence electrons. The summed E-state index contributed by atoms with van der Waals surface area (Å²) in [5, 5.41) is 3.99. The average Bonchev–Trinajstić information content (AvgIpc) is 2.70. The van der Waals surface area contributed by atoms with E-state index in [-0.39, 0.29) is 0 Å². The fraction of sp³-hybridized carbons (Fsp3) is 0. The van der Waals surface area contributed by atoms with E-state index in [1.165, 1.54) is 0 Å². The summed E-state index contributed by atoms with van der Waals surface area (Å²) in [7, 11) is 0. The largest absolute Gasteiger partial charge is 0.298 e. The summed E-state index contributed by atoms with van der Waals surface area (Å²) in [6.07, 6.45) is 5.78. The van der Waals surface area contributed by atoms with Crippen molar-refractivity contribution in [3.05, 3.63) is 42.4 Å². The number of rotatable bonds is 2. The lowest BCUT2D eigenvalue weighted by molar-refractivity contribution is 0.112. The van der Waals surface area contributed by atoms with Crippen molar-refractivity contribution in [3.8, 4) is 5.82 Å². The summed E-state index contributed by atoms with van der Waals surface area (Å²) in [5.74, 6) is 0.558. The molecule has 2 aromatic rings. The van der Waals surface area contributed by atoms with Crippen molar-refractivity contribution in [1.29, 1.82) is 0 Å². The Kier molecular flexibility index (Phi) is 1.88. The minimum absolute atomic E-state index is 0.534. The number of pyridine rings is 1. The Morgan fingerprint density at radius 3 is 2.92 bits per heavy atom. The molecular formula is C9H7N3O. The van der Waals surface area contributed by atoms with Crippen LogP contribution in [0.4, 0.5) is 0 Å². The first kappa shape index (κ1) is 7.67. The van der Waals surface area contributed by atoms with Crippen LogP contribution >= 0.6 is 0 Å². The van der Waals surface area contributed by atoms with E-state index in [2.05, 4.69) is 10.1 Å². The van der Waals surface area contributed by atoms with Gasteiger partial charge in [-0.15, -0.1) is 0 Å². The molecule has 4 heteroatoms. The first-order valence-corrected chi connectivity index (χ1v) is 3.82. The van der Waals surface area contributed by atoms with E-state index in [9.17, 15) is 4.79 Å². The van der Waals surface area contributed by atoms with E-state index in [4.69, 9.17) is 0 Å². The maximum Gasteiger partial charge on any atom is 0.163 e. The molecular weight excluding hydrogens is 166 g/mol. The third kappa shape index (κ3) is 1.33. The summed E-state index contributed by atoms with van der Waals surface area (Å²) in [6.45, 7) is 0. The van der Waals surface area contributed by atoms with E-state index in [0.717, 1.165) is 6.29 Å². The summed E-state index contributed by atoms with van der Waals surface area (Å²) in [5.41, 5.74) is 0.534. The lowest BCUT2D eigenvalue weighted by atomic mass is 10.3. The number of aromatic nitrogens is 3. The highest BCUT2D eigenvalue weighted by Gasteiger charge is 2.03. The minimum Gasteiger partial charge on any atom is -0.298 e. The van der Waals surface area contributed by atoms with Crippen LogP contribution < -0.4 is 0 Å². The summed E-state index contributed by atoms with van der Waals surface area (Å²) in [6, 6.07) is 5.21. The lowest BCUT2D eigenvalue weighted by Gasteiger charge is -2.01. The topological polar surface area (TPSA) is 47.8 Å². The van der Waals surface area contributed by atoms with Crippen molar-refractivity contribution in [2.45, 2.75) is 0 Å². The molecule has 0 N–H and O–H groups in total. The Morgan fingerprint density at radius 2 is 2.23 bits per heavy atom. The predicted molar refractivity (Wildman–Crippen MR) is 46.7 cm³/mol. The van der Waals surface area contributed by atoms with Gasteiger partial charge in [-0.05, 0) is 18.2 Å². The van der Waals surface area contributed by atoms with Gasteiger partial charge in [0.15, 0.2) is 12.1 Å². The normalized spacial score (nSPS) is 9.85. The highest BCUT2D eigenvalue weighted by Crippen LogP contribution is 2.06. The number of aldehydes is 1. The number of carbonyl (C=O) groups is 1. The second-order valence-electron chi connectivity index (χ2n) is 2.48. The van der Waals surface area contributed by atoms with Crippen molar-refractivity contribution < 1.29 is 4.79 Å². The fourth-order valence-electron chi connectivity index (χ4n) is 1.09. The second kappa shape index (κ2) is 3.18. The zero-order valence-electron chi connectivity index (χ0n) is 6.79. The van der Waals surface area contributed by atoms with Gasteiger partial charge in [-0.2, -0.15) is 5.10 Å². The first-order chi connectivity index (χ1) is 6.42. The van der Waals surface area contributed by atoms with E-state index >= 15 is 0 Å². The van der Waals surface area contributed by atoms with Crippen LogP contribution in [0.25, 0.3) is 5.82 Å². The Morgan fingerprint density at radius 1 is 1.31 bits per heavy atom. The molecule has 0 aliphatic carbocycles. The molecule has 0 aliphatic rings. The van der Waals surface area contributed by atoms with Crippen LogP contribution in [0.1, 0.15) is 10.4 Å². The monoisotopic (exact) mass is 173 g/mol. The predicted octanol–water partition coefficient (Wildman–Crippen LogP) is 1.08. The molecule has 4 nitrogen and oxygen atoms in total. The van der Waals surface area contributed by atoms with Gasteiger partial charge in [0.2, 0.25) is 0 Å². The minimum atomic E-state index is 0.534. The van der Waals surface area contributed by atoms with Crippen LogP contribution in [0.2, 0.25) is 0 Å². The standard InChI is InChI=1S/C9H7N3O/c13-7-8-3-1-4-10-9(8)12-6-2-5-11-12/h1-7H. The summed E-state index contributed by atoms with van der Waals surface area (Å²) >= 11 is 0. The van der Waals surface area contributed by atoms with Gasteiger partial charge in [-0.1, -0.05) is 0 Å². The average molecular weight is 173 g/mol. The van der Waals surface area contributed by atoms with Crippen molar-refractivity contribution in [2.24, 2.45) is 0 Å². The van der Waals surface area contributed by atoms with Gasteiger partial charge in [-0.3, -0.25) is 4.79 Å². The highest BCUT2D eigenvalue weighted by atomic mass is 16.1. The SMILES string of the molecule is O=Cc1cccnc1-n1cccn1. The first-order valence-electron chi connectivity index (χ1n) is 3.82. The molecule has 0 atom stereocenters. The maximum atomic E-state index is 10.6. The van der Waals surface area contributed by atoms with E-state index in [1.807, 2.05) is 0 Å². The molecule has 0 spiro atoms. The number of hydrogen-bond acceptors (Lipinski definition) is 3. The molecule has 2 rings (SSSR count). The van der Waals surface area contributed by atoms with Crippen LogP contribution in [0, 0.1) is 0 Å². The molecule has 0 saturated heterocycles. The molecule has 13 heavy (non-hydrogen) atoms. The van der Waals surface area contributed by atoms with E-state index in [1.54, 1.807) is 41.5 Å². The van der Waals surface area contributed by atoms with E-state index in [0.29, 0.717) is 11.4 Å². The molecule has 2 aromatic heterocycles. The number of nitrogens with zero attached hydrogens (tertiary/aromatic N) is 3. The zero-order chi connectivity index (χ0) is 9.10. The quantitative estimate of drug-likeness (QED) is 0.638. The summed E-state index contributed by atoms with van der Waals surface area (Å²) in [4.78, 5) is 14.7. The smallest absolute Gasteiger partial charge is 0.163 e. The van der Waals surface area contributed by atoms with Crippen molar-refractivity contribution >= 4 is 6.29 Å². The Balaban J connectivity index is 2.57. The zero-order valence-corrected chi connectivity index (χ0v) is 6.79. The maximum absolute atomic E-state index is 10.6. The molecule has 2 heterocycles. The molecule has 0 aliphatic heterocycles. The molecule has 0 unspecified atom stereocenters. The third-order valence-electron chi connectivity index (χ3n) is 1.67.